The van der Waals surface area contributed by atoms with Crippen LogP contribution in [-0.4, -0.2) is 27.1 Å². The predicted molar refractivity (Wildman–Crippen MR) is 90.2 cm³/mol. The lowest BCUT2D eigenvalue weighted by atomic mass is 9.99. The Morgan fingerprint density at radius 2 is 2.14 bits per heavy atom. The fourth-order valence-corrected chi connectivity index (χ4v) is 3.33. The van der Waals surface area contributed by atoms with Gasteiger partial charge in [0.05, 0.1) is 17.9 Å². The molecule has 5 heteroatoms. The molecule has 1 amide bonds. The van der Waals surface area contributed by atoms with Crippen molar-refractivity contribution >= 4 is 28.5 Å². The summed E-state index contributed by atoms with van der Waals surface area (Å²) in [5.74, 6) is 0.135. The summed E-state index contributed by atoms with van der Waals surface area (Å²) in [6.45, 7) is 6.31. The van der Waals surface area contributed by atoms with Gasteiger partial charge in [-0.2, -0.15) is 5.10 Å². The fraction of sp³-hybridized carbons (Fsp3) is 0.375. The van der Waals surface area contributed by atoms with Crippen LogP contribution in [0.25, 0.3) is 0 Å². The summed E-state index contributed by atoms with van der Waals surface area (Å²) in [6.07, 6.45) is 0.928. The second-order valence-electron chi connectivity index (χ2n) is 5.37. The Balaban J connectivity index is 1.86. The van der Waals surface area contributed by atoms with Gasteiger partial charge in [0, 0.05) is 22.2 Å². The van der Waals surface area contributed by atoms with E-state index in [0.717, 1.165) is 45.6 Å². The Bertz CT molecular complexity index is 693. The van der Waals surface area contributed by atoms with Gasteiger partial charge in [0.25, 0.3) is 5.91 Å². The SMILES string of the molecule is CCn1nc(C)cc1CN1CCc2ccc(I)cc2C1=O. The van der Waals surface area contributed by atoms with Crippen LogP contribution in [0.4, 0.5) is 0 Å². The Labute approximate surface area is 138 Å². The second-order valence-corrected chi connectivity index (χ2v) is 6.62. The summed E-state index contributed by atoms with van der Waals surface area (Å²) < 4.78 is 3.09. The second kappa shape index (κ2) is 5.79. The van der Waals surface area contributed by atoms with Crippen molar-refractivity contribution in [2.45, 2.75) is 33.4 Å². The molecule has 110 valence electrons. The number of aryl methyl sites for hydroxylation is 2. The molecule has 0 spiro atoms. The normalized spacial score (nSPS) is 14.4. The monoisotopic (exact) mass is 395 g/mol. The molecule has 4 nitrogen and oxygen atoms in total. The molecule has 0 bridgehead atoms. The number of hydrogen-bond acceptors (Lipinski definition) is 2. The van der Waals surface area contributed by atoms with Crippen LogP contribution in [0.2, 0.25) is 0 Å². The van der Waals surface area contributed by atoms with Gasteiger partial charge >= 0.3 is 0 Å². The van der Waals surface area contributed by atoms with Gasteiger partial charge in [0.15, 0.2) is 0 Å². The first-order valence-corrected chi connectivity index (χ1v) is 8.27. The number of halogens is 1. The first-order valence-electron chi connectivity index (χ1n) is 7.19. The van der Waals surface area contributed by atoms with Gasteiger partial charge in [-0.05, 0) is 66.6 Å². The molecule has 0 radical (unpaired) electrons. The van der Waals surface area contributed by atoms with Crippen LogP contribution in [0.1, 0.15) is 34.2 Å². The minimum Gasteiger partial charge on any atom is -0.332 e. The summed E-state index contributed by atoms with van der Waals surface area (Å²) in [6, 6.07) is 8.21. The highest BCUT2D eigenvalue weighted by Crippen LogP contribution is 2.22. The number of fused-ring (bicyclic) bond motifs is 1. The highest BCUT2D eigenvalue weighted by molar-refractivity contribution is 14.1. The van der Waals surface area contributed by atoms with Gasteiger partial charge in [-0.1, -0.05) is 6.07 Å². The Morgan fingerprint density at radius 1 is 1.33 bits per heavy atom. The van der Waals surface area contributed by atoms with E-state index in [-0.39, 0.29) is 5.91 Å². The van der Waals surface area contributed by atoms with Crippen LogP contribution in [0.5, 0.6) is 0 Å². The summed E-state index contributed by atoms with van der Waals surface area (Å²) in [5.41, 5.74) is 4.13. The van der Waals surface area contributed by atoms with E-state index in [9.17, 15) is 4.79 Å². The minimum atomic E-state index is 0.135. The van der Waals surface area contributed by atoms with Crippen molar-refractivity contribution in [1.82, 2.24) is 14.7 Å². The predicted octanol–water partition coefficient (Wildman–Crippen LogP) is 3.01. The molecule has 0 unspecified atom stereocenters. The quantitative estimate of drug-likeness (QED) is 0.750. The largest absolute Gasteiger partial charge is 0.332 e. The fourth-order valence-electron chi connectivity index (χ4n) is 2.84. The van der Waals surface area contributed by atoms with Gasteiger partial charge in [-0.15, -0.1) is 0 Å². The number of carbonyl (C=O) groups is 1. The third-order valence-corrected chi connectivity index (χ3v) is 4.55. The number of benzene rings is 1. The zero-order valence-corrected chi connectivity index (χ0v) is 14.4. The maximum Gasteiger partial charge on any atom is 0.254 e. The molecular weight excluding hydrogens is 377 g/mol. The zero-order valence-electron chi connectivity index (χ0n) is 12.3. The number of hydrogen-bond donors (Lipinski definition) is 0. The molecule has 2 aromatic rings. The molecule has 0 fully saturated rings. The van der Waals surface area contributed by atoms with Crippen LogP contribution >= 0.6 is 22.6 Å². The standard InChI is InChI=1S/C16H18IN3O/c1-3-20-14(8-11(2)18-20)10-19-7-6-12-4-5-13(17)9-15(12)16(19)21/h4-5,8-9H,3,6-7,10H2,1-2H3. The number of nitrogens with zero attached hydrogens (tertiary/aromatic N) is 3. The van der Waals surface area contributed by atoms with E-state index in [0.29, 0.717) is 6.54 Å². The van der Waals surface area contributed by atoms with Gasteiger partial charge in [-0.3, -0.25) is 9.48 Å². The molecule has 3 rings (SSSR count). The van der Waals surface area contributed by atoms with Crippen LogP contribution in [0.3, 0.4) is 0 Å². The van der Waals surface area contributed by atoms with Crippen molar-refractivity contribution in [2.75, 3.05) is 6.54 Å². The summed E-state index contributed by atoms with van der Waals surface area (Å²) >= 11 is 2.26. The van der Waals surface area contributed by atoms with E-state index in [1.807, 2.05) is 22.6 Å². The van der Waals surface area contributed by atoms with Crippen LogP contribution in [0, 0.1) is 10.5 Å². The van der Waals surface area contributed by atoms with Gasteiger partial charge in [0.1, 0.15) is 0 Å². The van der Waals surface area contributed by atoms with E-state index in [2.05, 4.69) is 52.8 Å². The molecule has 0 atom stereocenters. The van der Waals surface area contributed by atoms with Crippen molar-refractivity contribution in [3.8, 4) is 0 Å². The van der Waals surface area contributed by atoms with E-state index in [1.165, 1.54) is 0 Å². The summed E-state index contributed by atoms with van der Waals surface area (Å²) in [5, 5.41) is 4.46. The smallest absolute Gasteiger partial charge is 0.254 e. The lowest BCUT2D eigenvalue weighted by molar-refractivity contribution is 0.0722. The Morgan fingerprint density at radius 3 is 2.90 bits per heavy atom. The molecule has 0 aliphatic carbocycles. The van der Waals surface area contributed by atoms with Crippen molar-refractivity contribution in [3.63, 3.8) is 0 Å². The van der Waals surface area contributed by atoms with Gasteiger partial charge in [-0.25, -0.2) is 0 Å². The molecule has 1 aromatic carbocycles. The molecule has 1 aromatic heterocycles. The van der Waals surface area contributed by atoms with Crippen molar-refractivity contribution < 1.29 is 4.79 Å². The van der Waals surface area contributed by atoms with Crippen LogP contribution < -0.4 is 0 Å². The molecular formula is C16H18IN3O. The summed E-state index contributed by atoms with van der Waals surface area (Å²) in [7, 11) is 0. The molecule has 2 heterocycles. The Hall–Kier alpha value is -1.37. The van der Waals surface area contributed by atoms with Crippen LogP contribution in [-0.2, 0) is 19.5 Å². The highest BCUT2D eigenvalue weighted by Gasteiger charge is 2.25. The number of aromatic nitrogens is 2. The van der Waals surface area contributed by atoms with E-state index >= 15 is 0 Å². The minimum absolute atomic E-state index is 0.135. The van der Waals surface area contributed by atoms with E-state index in [4.69, 9.17) is 0 Å². The van der Waals surface area contributed by atoms with Crippen LogP contribution in [0.15, 0.2) is 24.3 Å². The van der Waals surface area contributed by atoms with E-state index in [1.54, 1.807) is 0 Å². The first-order chi connectivity index (χ1) is 10.1. The average Bonchev–Trinajstić information content (AvgIpc) is 2.82. The molecule has 1 aliphatic rings. The Kier molecular flexibility index (Phi) is 4.01. The first kappa shape index (κ1) is 14.6. The average molecular weight is 395 g/mol. The van der Waals surface area contributed by atoms with Crippen molar-refractivity contribution in [1.29, 1.82) is 0 Å². The molecule has 1 aliphatic heterocycles. The topological polar surface area (TPSA) is 38.1 Å². The molecule has 0 saturated carbocycles. The van der Waals surface area contributed by atoms with Crippen molar-refractivity contribution in [2.24, 2.45) is 0 Å². The lowest BCUT2D eigenvalue weighted by Crippen LogP contribution is -2.37. The van der Waals surface area contributed by atoms with Gasteiger partial charge in [0.2, 0.25) is 0 Å². The zero-order chi connectivity index (χ0) is 15.0. The molecule has 0 saturated heterocycles. The maximum absolute atomic E-state index is 12.7. The molecule has 21 heavy (non-hydrogen) atoms. The number of rotatable bonds is 3. The number of carbonyl (C=O) groups excluding carboxylic acids is 1. The maximum atomic E-state index is 12.7. The highest BCUT2D eigenvalue weighted by atomic mass is 127. The molecule has 0 N–H and O–H groups in total. The lowest BCUT2D eigenvalue weighted by Gasteiger charge is -2.28. The third-order valence-electron chi connectivity index (χ3n) is 3.88. The summed E-state index contributed by atoms with van der Waals surface area (Å²) in [4.78, 5) is 14.6. The van der Waals surface area contributed by atoms with E-state index < -0.39 is 0 Å². The number of amides is 1. The van der Waals surface area contributed by atoms with Crippen molar-refractivity contribution in [3.05, 3.63) is 50.4 Å². The third kappa shape index (κ3) is 2.84. The van der Waals surface area contributed by atoms with Gasteiger partial charge < -0.3 is 4.90 Å².